The van der Waals surface area contributed by atoms with E-state index < -0.39 is 0 Å². The van der Waals surface area contributed by atoms with Crippen molar-refractivity contribution in [3.8, 4) is 107 Å². The molecule has 0 N–H and O–H groups in total. The van der Waals surface area contributed by atoms with Crippen LogP contribution in [0.25, 0.3) is 129 Å². The van der Waals surface area contributed by atoms with Crippen molar-refractivity contribution in [3.05, 3.63) is 358 Å². The van der Waals surface area contributed by atoms with Crippen LogP contribution in [0.1, 0.15) is 0 Å². The van der Waals surface area contributed by atoms with Crippen LogP contribution < -0.4 is 26.2 Å². The van der Waals surface area contributed by atoms with Gasteiger partial charge in [-0.15, -0.1) is 0 Å². The average Bonchev–Trinajstić information content (AvgIpc) is 0.714. The minimum atomic E-state index is -0.0200. The van der Waals surface area contributed by atoms with Crippen LogP contribution in [-0.2, 0) is 0 Å². The van der Waals surface area contributed by atoms with Gasteiger partial charge >= 0.3 is 0 Å². The molecule has 2 aliphatic rings. The maximum atomic E-state index is 5.73. The van der Waals surface area contributed by atoms with Crippen molar-refractivity contribution in [1.82, 2.24) is 29.5 Å². The molecule has 0 amide bonds. The Morgan fingerprint density at radius 3 is 1.13 bits per heavy atom. The van der Waals surface area contributed by atoms with Crippen molar-refractivity contribution in [1.29, 1.82) is 0 Å². The Morgan fingerprint density at radius 2 is 0.610 bits per heavy atom. The fraction of sp³-hybridized carbons (Fsp3) is 0. The number of anilines is 6. The highest BCUT2D eigenvalue weighted by Gasteiger charge is 2.43. The van der Waals surface area contributed by atoms with Crippen LogP contribution >= 0.6 is 0 Å². The number of para-hydroxylation sites is 4. The van der Waals surface area contributed by atoms with Crippen LogP contribution in [-0.4, -0.2) is 36.2 Å². The third kappa shape index (κ3) is 10.1. The van der Waals surface area contributed by atoms with Crippen LogP contribution in [0.2, 0.25) is 0 Å². The van der Waals surface area contributed by atoms with E-state index in [-0.39, 0.29) is 6.71 Å². The Labute approximate surface area is 579 Å². The van der Waals surface area contributed by atoms with Crippen molar-refractivity contribution in [2.75, 3.05) is 9.80 Å². The lowest BCUT2D eigenvalue weighted by molar-refractivity contribution is 1.06. The number of hydrogen-bond acceptors (Lipinski definition) is 7. The summed E-state index contributed by atoms with van der Waals surface area (Å²) in [6.45, 7) is -0.0200. The summed E-state index contributed by atoms with van der Waals surface area (Å²) in [5.41, 5.74) is 27.0. The third-order valence-corrected chi connectivity index (χ3v) is 19.6. The number of fused-ring (bicyclic) bond motifs is 7. The largest absolute Gasteiger partial charge is 0.311 e. The normalized spacial score (nSPS) is 12.1. The van der Waals surface area contributed by atoms with E-state index in [9.17, 15) is 0 Å². The summed E-state index contributed by atoms with van der Waals surface area (Å²) in [6, 6.07) is 128. The number of nitrogens with zero attached hydrogens (tertiary/aromatic N) is 8. The van der Waals surface area contributed by atoms with Crippen LogP contribution in [0.5, 0.6) is 0 Å². The van der Waals surface area contributed by atoms with E-state index in [2.05, 4.69) is 330 Å². The minimum absolute atomic E-state index is 0.0200. The van der Waals surface area contributed by atoms with E-state index >= 15 is 0 Å². The first-order valence-electron chi connectivity index (χ1n) is 33.9. The molecular weight excluding hydrogens is 1220 g/mol. The molecule has 0 unspecified atom stereocenters. The topological polar surface area (TPSA) is 75.9 Å². The second kappa shape index (κ2) is 24.4. The van der Waals surface area contributed by atoms with Crippen molar-refractivity contribution in [2.24, 2.45) is 0 Å². The Bertz CT molecular complexity index is 5710. The molecule has 0 atom stereocenters. The molecule has 17 aromatic rings. The standard InChI is InChI=1S/C91H59BN8/c1-8-27-60(28-9-1)66-47-50-80-73(54-66)74-55-67(61-29-10-2-11-30-61)48-51-81(74)100(80)82-52-49-68(79-59-78(62-31-12-3-13-32-62)93-88(94-79)63-33-14-4-15-34-63)56-75(82)91-96-89(64-35-16-5-17-36-64)95-90(97-91)69-38-26-37-65(53-69)70-57-85-87-86(58-70)99(72-41-20-7-21-42-72)84-46-25-23-44-77(84)92(87)76-43-22-24-45-83(76)98(85)71-39-18-6-19-40-71/h1-59H. The van der Waals surface area contributed by atoms with Crippen molar-refractivity contribution in [3.63, 3.8) is 0 Å². The molecule has 8 nitrogen and oxygen atoms in total. The first kappa shape index (κ1) is 58.0. The van der Waals surface area contributed by atoms with Crippen LogP contribution in [0.4, 0.5) is 34.1 Å². The van der Waals surface area contributed by atoms with Crippen LogP contribution in [0.3, 0.4) is 0 Å². The maximum Gasteiger partial charge on any atom is 0.252 e. The average molecular weight is 1280 g/mol. The van der Waals surface area contributed by atoms with Crippen LogP contribution in [0.15, 0.2) is 358 Å². The molecule has 14 aromatic carbocycles. The van der Waals surface area contributed by atoms with Gasteiger partial charge in [0, 0.05) is 78.3 Å². The SMILES string of the molecule is c1ccc(-c2ccc3c(c2)c2cc(-c4ccccc4)ccc2n3-c2ccc(-c3cc(-c4ccccc4)nc(-c4ccccc4)n3)cc2-c2nc(-c3ccccc3)nc(-c3cccc(-c4cc5c6c(c4)N(c4ccccc4)c4ccccc4B6c4ccccc4N5c4ccccc4)c3)n2)cc1. The Balaban J connectivity index is 0.846. The van der Waals surface area contributed by atoms with E-state index in [4.69, 9.17) is 24.9 Å². The van der Waals surface area contributed by atoms with Gasteiger partial charge in [-0.2, -0.15) is 0 Å². The highest BCUT2D eigenvalue weighted by Crippen LogP contribution is 2.47. The van der Waals surface area contributed by atoms with Gasteiger partial charge < -0.3 is 14.4 Å². The Hall–Kier alpha value is -13.4. The van der Waals surface area contributed by atoms with Gasteiger partial charge in [-0.3, -0.25) is 0 Å². The Kier molecular flexibility index (Phi) is 14.1. The molecule has 9 heteroatoms. The number of rotatable bonds is 12. The first-order chi connectivity index (χ1) is 49.6. The predicted molar refractivity (Wildman–Crippen MR) is 413 cm³/mol. The van der Waals surface area contributed by atoms with Crippen molar-refractivity contribution < 1.29 is 0 Å². The van der Waals surface area contributed by atoms with Crippen molar-refractivity contribution >= 4 is 79.0 Å². The lowest BCUT2D eigenvalue weighted by Crippen LogP contribution is -2.61. The van der Waals surface area contributed by atoms with E-state index in [1.165, 1.54) is 16.4 Å². The lowest BCUT2D eigenvalue weighted by Gasteiger charge is -2.44. The molecule has 0 saturated carbocycles. The van der Waals surface area contributed by atoms with E-state index in [1.807, 2.05) is 42.5 Å². The summed E-state index contributed by atoms with van der Waals surface area (Å²) in [5, 5.41) is 2.24. The summed E-state index contributed by atoms with van der Waals surface area (Å²) in [6.07, 6.45) is 0. The summed E-state index contributed by atoms with van der Waals surface area (Å²) in [5.74, 6) is 2.20. The van der Waals surface area contributed by atoms with Gasteiger partial charge in [0.05, 0.1) is 28.1 Å². The fourth-order valence-corrected chi connectivity index (χ4v) is 15.0. The quantitative estimate of drug-likeness (QED) is 0.113. The van der Waals surface area contributed by atoms with Gasteiger partial charge in [0.25, 0.3) is 6.71 Å². The second-order valence-electron chi connectivity index (χ2n) is 25.5. The van der Waals surface area contributed by atoms with Gasteiger partial charge in [0.1, 0.15) is 0 Å². The van der Waals surface area contributed by atoms with E-state index in [0.29, 0.717) is 23.3 Å². The van der Waals surface area contributed by atoms with E-state index in [0.717, 1.165) is 140 Å². The molecule has 19 rings (SSSR count). The summed E-state index contributed by atoms with van der Waals surface area (Å²) < 4.78 is 2.39. The first-order valence-corrected chi connectivity index (χ1v) is 33.9. The number of aromatic nitrogens is 6. The van der Waals surface area contributed by atoms with Gasteiger partial charge in [-0.05, 0) is 147 Å². The summed E-state index contributed by atoms with van der Waals surface area (Å²) >= 11 is 0. The fourth-order valence-electron chi connectivity index (χ4n) is 15.0. The third-order valence-electron chi connectivity index (χ3n) is 19.6. The van der Waals surface area contributed by atoms with Gasteiger partial charge in [0.15, 0.2) is 23.3 Å². The van der Waals surface area contributed by atoms with Crippen LogP contribution in [0, 0.1) is 0 Å². The zero-order valence-corrected chi connectivity index (χ0v) is 54.2. The predicted octanol–water partition coefficient (Wildman–Crippen LogP) is 20.8. The minimum Gasteiger partial charge on any atom is -0.311 e. The molecule has 5 heterocycles. The van der Waals surface area contributed by atoms with E-state index in [1.54, 1.807) is 0 Å². The molecule has 0 spiro atoms. The molecule has 100 heavy (non-hydrogen) atoms. The highest BCUT2D eigenvalue weighted by molar-refractivity contribution is 7.00. The number of benzene rings is 14. The monoisotopic (exact) mass is 1270 g/mol. The zero-order valence-electron chi connectivity index (χ0n) is 54.2. The molecule has 0 bridgehead atoms. The Morgan fingerprint density at radius 1 is 0.220 bits per heavy atom. The molecule has 0 saturated heterocycles. The molecule has 0 radical (unpaired) electrons. The summed E-state index contributed by atoms with van der Waals surface area (Å²) in [4.78, 5) is 32.4. The molecule has 3 aromatic heterocycles. The maximum absolute atomic E-state index is 5.73. The smallest absolute Gasteiger partial charge is 0.252 e. The molecule has 0 fully saturated rings. The molecule has 0 aliphatic carbocycles. The van der Waals surface area contributed by atoms with Gasteiger partial charge in [0.2, 0.25) is 0 Å². The van der Waals surface area contributed by atoms with Gasteiger partial charge in [-0.25, -0.2) is 24.9 Å². The summed E-state index contributed by atoms with van der Waals surface area (Å²) in [7, 11) is 0. The second-order valence-corrected chi connectivity index (χ2v) is 25.5. The molecular formula is C91H59BN8. The molecule has 466 valence electrons. The highest BCUT2D eigenvalue weighted by atomic mass is 15.2. The number of hydrogen-bond donors (Lipinski definition) is 0. The van der Waals surface area contributed by atoms with Gasteiger partial charge in [-0.1, -0.05) is 261 Å². The molecule has 2 aliphatic heterocycles. The zero-order chi connectivity index (χ0) is 66.0. The lowest BCUT2D eigenvalue weighted by atomic mass is 9.33. The van der Waals surface area contributed by atoms with Crippen molar-refractivity contribution in [2.45, 2.75) is 0 Å².